The summed E-state index contributed by atoms with van der Waals surface area (Å²) in [4.78, 5) is 0. The van der Waals surface area contributed by atoms with Crippen molar-refractivity contribution in [2.24, 2.45) is 0 Å². The largest absolute Gasteiger partial charge is 0.508 e. The zero-order chi connectivity index (χ0) is 14.1. The molecule has 0 saturated carbocycles. The van der Waals surface area contributed by atoms with E-state index in [2.05, 4.69) is 31.9 Å². The first-order valence-corrected chi connectivity index (χ1v) is 9.85. The number of hydrogen-bond donors (Lipinski definition) is 1. The molecule has 0 aliphatic heterocycles. The van der Waals surface area contributed by atoms with E-state index in [-0.39, 0.29) is 5.75 Å². The highest BCUT2D eigenvalue weighted by Crippen LogP contribution is 2.48. The molecule has 0 radical (unpaired) electrons. The van der Waals surface area contributed by atoms with Gasteiger partial charge >= 0.3 is 7.60 Å². The first kappa shape index (κ1) is 17.2. The lowest BCUT2D eigenvalue weighted by molar-refractivity contribution is 0.224. The summed E-state index contributed by atoms with van der Waals surface area (Å²) in [6, 6.07) is 6.82. The highest BCUT2D eigenvalue weighted by molar-refractivity contribution is 9.09. The molecule has 0 spiro atoms. The quantitative estimate of drug-likeness (QED) is 0.490. The zero-order valence-corrected chi connectivity index (χ0v) is 14.5. The molecule has 1 N–H and O–H groups in total. The minimum absolute atomic E-state index is 0.220. The van der Waals surface area contributed by atoms with E-state index in [9.17, 15) is 9.67 Å². The number of aryl methyl sites for hydroxylation is 1. The first-order valence-electron chi connectivity index (χ1n) is 5.87. The maximum absolute atomic E-state index is 12.4. The first-order chi connectivity index (χ1) is 9.09. The Balaban J connectivity index is 2.56. The van der Waals surface area contributed by atoms with Gasteiger partial charge in [0.2, 0.25) is 0 Å². The number of alkyl halides is 2. The normalized spacial score (nSPS) is 11.7. The molecule has 0 saturated heterocycles. The second-order valence-corrected chi connectivity index (χ2v) is 7.57. The van der Waals surface area contributed by atoms with E-state index in [0.717, 1.165) is 5.56 Å². The molecular formula is C12H17Br2O4P. The van der Waals surface area contributed by atoms with Crippen LogP contribution in [0.25, 0.3) is 0 Å². The summed E-state index contributed by atoms with van der Waals surface area (Å²) in [7, 11) is -3.05. The van der Waals surface area contributed by atoms with E-state index in [1.54, 1.807) is 24.3 Å². The lowest BCUT2D eigenvalue weighted by atomic mass is 10.2. The molecule has 1 aromatic carbocycles. The van der Waals surface area contributed by atoms with Crippen LogP contribution in [0.4, 0.5) is 0 Å². The summed E-state index contributed by atoms with van der Waals surface area (Å²) in [5.74, 6) is 0.220. The summed E-state index contributed by atoms with van der Waals surface area (Å²) < 4.78 is 23.1. The van der Waals surface area contributed by atoms with Gasteiger partial charge in [-0.05, 0) is 24.1 Å². The predicted octanol–water partition coefficient (Wildman–Crippen LogP) is 3.95. The standard InChI is InChI=1S/C12H17Br2O4P/c13-6-8-17-19(16,18-9-7-14)10-5-11-1-3-12(15)4-2-11/h1-4,15H,5-10H2. The van der Waals surface area contributed by atoms with Crippen LogP contribution in [0, 0.1) is 0 Å². The molecule has 0 unspecified atom stereocenters. The van der Waals surface area contributed by atoms with Gasteiger partial charge in [-0.2, -0.15) is 0 Å². The summed E-state index contributed by atoms with van der Waals surface area (Å²) in [5.41, 5.74) is 0.989. The second kappa shape index (κ2) is 9.14. The van der Waals surface area contributed by atoms with E-state index in [1.807, 2.05) is 0 Å². The van der Waals surface area contributed by atoms with Gasteiger partial charge in [0.15, 0.2) is 0 Å². The Morgan fingerprint density at radius 3 is 2.05 bits per heavy atom. The smallest absolute Gasteiger partial charge is 0.331 e. The van der Waals surface area contributed by atoms with Crippen LogP contribution >= 0.6 is 39.5 Å². The Labute approximate surface area is 130 Å². The van der Waals surface area contributed by atoms with Gasteiger partial charge < -0.3 is 14.2 Å². The molecule has 108 valence electrons. The number of phenols is 1. The Bertz CT molecular complexity index is 399. The minimum atomic E-state index is -3.05. The van der Waals surface area contributed by atoms with Gasteiger partial charge in [0.25, 0.3) is 0 Å². The molecule has 19 heavy (non-hydrogen) atoms. The Morgan fingerprint density at radius 2 is 1.58 bits per heavy atom. The number of phenolic OH excluding ortho intramolecular Hbond substituents is 1. The summed E-state index contributed by atoms with van der Waals surface area (Å²) in [6.07, 6.45) is 0.917. The van der Waals surface area contributed by atoms with Crippen LogP contribution in [0.3, 0.4) is 0 Å². The minimum Gasteiger partial charge on any atom is -0.508 e. The van der Waals surface area contributed by atoms with Crippen LogP contribution in [0.2, 0.25) is 0 Å². The Morgan fingerprint density at radius 1 is 1.05 bits per heavy atom. The molecule has 7 heteroatoms. The third-order valence-corrected chi connectivity index (χ3v) is 4.91. The summed E-state index contributed by atoms with van der Waals surface area (Å²) in [5, 5.41) is 10.4. The fourth-order valence-corrected chi connectivity index (χ4v) is 3.87. The second-order valence-electron chi connectivity index (χ2n) is 3.80. The molecule has 1 rings (SSSR count). The third-order valence-electron chi connectivity index (χ3n) is 2.34. The Kier molecular flexibility index (Phi) is 8.26. The van der Waals surface area contributed by atoms with Crippen molar-refractivity contribution in [2.75, 3.05) is 30.0 Å². The third kappa shape index (κ3) is 6.91. The van der Waals surface area contributed by atoms with Gasteiger partial charge in [-0.25, -0.2) is 0 Å². The molecule has 0 amide bonds. The van der Waals surface area contributed by atoms with Gasteiger partial charge in [0, 0.05) is 10.7 Å². The van der Waals surface area contributed by atoms with Crippen molar-refractivity contribution in [1.29, 1.82) is 0 Å². The van der Waals surface area contributed by atoms with Crippen molar-refractivity contribution in [2.45, 2.75) is 6.42 Å². The van der Waals surface area contributed by atoms with E-state index < -0.39 is 7.60 Å². The van der Waals surface area contributed by atoms with Crippen LogP contribution < -0.4 is 0 Å². The average molecular weight is 416 g/mol. The molecular weight excluding hydrogens is 399 g/mol. The fraction of sp³-hybridized carbons (Fsp3) is 0.500. The van der Waals surface area contributed by atoms with E-state index in [1.165, 1.54) is 0 Å². The van der Waals surface area contributed by atoms with Gasteiger partial charge in [0.05, 0.1) is 19.4 Å². The Hall–Kier alpha value is 0.130. The molecule has 1 aromatic rings. The highest BCUT2D eigenvalue weighted by atomic mass is 79.9. The molecule has 0 aromatic heterocycles. The van der Waals surface area contributed by atoms with Gasteiger partial charge in [0.1, 0.15) is 5.75 Å². The number of hydrogen-bond acceptors (Lipinski definition) is 4. The van der Waals surface area contributed by atoms with E-state index in [4.69, 9.17) is 9.05 Å². The van der Waals surface area contributed by atoms with Crippen LogP contribution in [0.15, 0.2) is 24.3 Å². The lowest BCUT2D eigenvalue weighted by Gasteiger charge is -2.17. The van der Waals surface area contributed by atoms with E-state index >= 15 is 0 Å². The van der Waals surface area contributed by atoms with Crippen molar-refractivity contribution in [3.8, 4) is 5.75 Å². The molecule has 0 heterocycles. The van der Waals surface area contributed by atoms with Crippen molar-refractivity contribution < 1.29 is 18.7 Å². The number of aromatic hydroxyl groups is 1. The van der Waals surface area contributed by atoms with Crippen molar-refractivity contribution in [3.05, 3.63) is 29.8 Å². The van der Waals surface area contributed by atoms with Gasteiger partial charge in [-0.15, -0.1) is 0 Å². The fourth-order valence-electron chi connectivity index (χ4n) is 1.44. The van der Waals surface area contributed by atoms with Crippen LogP contribution in [0.1, 0.15) is 5.56 Å². The van der Waals surface area contributed by atoms with Crippen molar-refractivity contribution in [3.63, 3.8) is 0 Å². The molecule has 4 nitrogen and oxygen atoms in total. The van der Waals surface area contributed by atoms with Gasteiger partial charge in [-0.1, -0.05) is 44.0 Å². The maximum atomic E-state index is 12.4. The molecule has 0 aliphatic rings. The lowest BCUT2D eigenvalue weighted by Crippen LogP contribution is -2.06. The number of halogens is 2. The SMILES string of the molecule is O=P(CCc1ccc(O)cc1)(OCCBr)OCCBr. The van der Waals surface area contributed by atoms with E-state index in [0.29, 0.717) is 36.5 Å². The van der Waals surface area contributed by atoms with Crippen LogP contribution in [-0.4, -0.2) is 35.1 Å². The predicted molar refractivity (Wildman–Crippen MR) is 83.8 cm³/mol. The van der Waals surface area contributed by atoms with Crippen LogP contribution in [0.5, 0.6) is 5.75 Å². The van der Waals surface area contributed by atoms with Crippen molar-refractivity contribution in [1.82, 2.24) is 0 Å². The van der Waals surface area contributed by atoms with Crippen LogP contribution in [-0.2, 0) is 20.0 Å². The molecule has 0 aliphatic carbocycles. The number of rotatable bonds is 9. The number of benzene rings is 1. The highest BCUT2D eigenvalue weighted by Gasteiger charge is 2.23. The molecule has 0 atom stereocenters. The van der Waals surface area contributed by atoms with Crippen molar-refractivity contribution >= 4 is 39.5 Å². The average Bonchev–Trinajstić information content (AvgIpc) is 2.43. The molecule has 0 fully saturated rings. The maximum Gasteiger partial charge on any atom is 0.331 e. The topological polar surface area (TPSA) is 55.8 Å². The monoisotopic (exact) mass is 414 g/mol. The van der Waals surface area contributed by atoms with Gasteiger partial charge in [-0.3, -0.25) is 4.57 Å². The summed E-state index contributed by atoms with van der Waals surface area (Å²) in [6.45, 7) is 0.713. The zero-order valence-electron chi connectivity index (χ0n) is 10.4. The molecule has 0 bridgehead atoms. The summed E-state index contributed by atoms with van der Waals surface area (Å²) >= 11 is 6.47.